The van der Waals surface area contributed by atoms with Gasteiger partial charge in [0.2, 0.25) is 5.91 Å². The van der Waals surface area contributed by atoms with Crippen molar-refractivity contribution in [3.05, 3.63) is 29.3 Å². The van der Waals surface area contributed by atoms with Crippen LogP contribution in [0.1, 0.15) is 43.7 Å². The van der Waals surface area contributed by atoms with Crippen LogP contribution in [0.5, 0.6) is 0 Å². The molecule has 2 atom stereocenters. The Balaban J connectivity index is 0.00000288. The molecule has 1 aromatic carbocycles. The predicted octanol–water partition coefficient (Wildman–Crippen LogP) is 4.78. The molecule has 0 saturated carbocycles. The Bertz CT molecular complexity index is 516. The molecule has 2 rings (SSSR count). The number of nitrogens with one attached hydrogen (secondary N) is 1. The number of hydrogen-bond donors (Lipinski definition) is 1. The van der Waals surface area contributed by atoms with Crippen molar-refractivity contribution in [3.8, 4) is 0 Å². The maximum atomic E-state index is 12.8. The van der Waals surface area contributed by atoms with Gasteiger partial charge in [0.15, 0.2) is 0 Å². The standard InChI is InChI=1S/C19H29ClN2O.ClH/c1-4-8-22-9-6-16(5-7-20)13-18(22)19(23)21-17-11-14(2)10-15(3)12-17;/h10-12,16,18H,4-9,13H2,1-3H3,(H,21,23);1H. The van der Waals surface area contributed by atoms with Gasteiger partial charge in [-0.25, -0.2) is 0 Å². The van der Waals surface area contributed by atoms with E-state index in [0.717, 1.165) is 44.5 Å². The SMILES string of the molecule is CCCN1CCC(CCCl)CC1C(=O)Nc1cc(C)cc(C)c1.Cl. The molecule has 1 aliphatic rings. The number of halogens is 2. The first-order chi connectivity index (χ1) is 11.0. The summed E-state index contributed by atoms with van der Waals surface area (Å²) in [5.41, 5.74) is 3.26. The Morgan fingerprint density at radius 3 is 2.54 bits per heavy atom. The van der Waals surface area contributed by atoms with Crippen molar-refractivity contribution in [1.29, 1.82) is 0 Å². The summed E-state index contributed by atoms with van der Waals surface area (Å²) in [5, 5.41) is 3.13. The minimum absolute atomic E-state index is 0. The van der Waals surface area contributed by atoms with E-state index in [1.54, 1.807) is 0 Å². The molecule has 0 bridgehead atoms. The van der Waals surface area contributed by atoms with E-state index in [0.29, 0.717) is 11.8 Å². The summed E-state index contributed by atoms with van der Waals surface area (Å²) in [6.45, 7) is 8.27. The average molecular weight is 373 g/mol. The largest absolute Gasteiger partial charge is 0.325 e. The lowest BCUT2D eigenvalue weighted by atomic mass is 9.88. The zero-order chi connectivity index (χ0) is 16.8. The monoisotopic (exact) mass is 372 g/mol. The first-order valence-corrected chi connectivity index (χ1v) is 9.26. The van der Waals surface area contributed by atoms with Crippen LogP contribution in [0, 0.1) is 19.8 Å². The fourth-order valence-corrected chi connectivity index (χ4v) is 3.91. The maximum Gasteiger partial charge on any atom is 0.241 e. The van der Waals surface area contributed by atoms with Gasteiger partial charge in [-0.15, -0.1) is 24.0 Å². The van der Waals surface area contributed by atoms with Gasteiger partial charge in [-0.2, -0.15) is 0 Å². The second-order valence-electron chi connectivity index (χ2n) is 6.79. The van der Waals surface area contributed by atoms with Crippen molar-refractivity contribution in [1.82, 2.24) is 4.90 Å². The van der Waals surface area contributed by atoms with Gasteiger partial charge in [0, 0.05) is 11.6 Å². The van der Waals surface area contributed by atoms with E-state index in [4.69, 9.17) is 11.6 Å². The third-order valence-electron chi connectivity index (χ3n) is 4.64. The van der Waals surface area contributed by atoms with Crippen LogP contribution in [0.2, 0.25) is 0 Å². The van der Waals surface area contributed by atoms with E-state index in [9.17, 15) is 4.79 Å². The fraction of sp³-hybridized carbons (Fsp3) is 0.632. The van der Waals surface area contributed by atoms with Gasteiger partial charge in [0.05, 0.1) is 6.04 Å². The number of benzene rings is 1. The van der Waals surface area contributed by atoms with Crippen LogP contribution in [0.25, 0.3) is 0 Å². The number of alkyl halides is 1. The summed E-state index contributed by atoms with van der Waals surface area (Å²) in [7, 11) is 0. The summed E-state index contributed by atoms with van der Waals surface area (Å²) < 4.78 is 0. The molecule has 0 spiro atoms. The molecule has 1 N–H and O–H groups in total. The molecule has 1 aromatic rings. The second kappa shape index (κ2) is 10.3. The van der Waals surface area contributed by atoms with Crippen molar-refractivity contribution < 1.29 is 4.79 Å². The lowest BCUT2D eigenvalue weighted by Crippen LogP contribution is -2.49. The van der Waals surface area contributed by atoms with E-state index in [1.165, 1.54) is 11.1 Å². The molecule has 5 heteroatoms. The van der Waals surface area contributed by atoms with Gasteiger partial charge in [-0.1, -0.05) is 13.0 Å². The van der Waals surface area contributed by atoms with Crippen LogP contribution >= 0.6 is 24.0 Å². The number of amides is 1. The Hall–Kier alpha value is -0.770. The third-order valence-corrected chi connectivity index (χ3v) is 4.86. The number of likely N-dealkylation sites (tertiary alicyclic amines) is 1. The lowest BCUT2D eigenvalue weighted by Gasteiger charge is -2.38. The number of hydrogen-bond acceptors (Lipinski definition) is 2. The number of carbonyl (C=O) groups is 1. The van der Waals surface area contributed by atoms with Crippen LogP contribution in [0.15, 0.2) is 18.2 Å². The molecule has 24 heavy (non-hydrogen) atoms. The molecular weight excluding hydrogens is 343 g/mol. The third kappa shape index (κ3) is 5.94. The van der Waals surface area contributed by atoms with Crippen molar-refractivity contribution in [2.75, 3.05) is 24.3 Å². The molecule has 1 amide bonds. The molecule has 0 aliphatic carbocycles. The number of nitrogens with zero attached hydrogens (tertiary/aromatic N) is 1. The van der Waals surface area contributed by atoms with Gasteiger partial charge in [0.1, 0.15) is 0 Å². The first kappa shape index (κ1) is 21.3. The van der Waals surface area contributed by atoms with Crippen molar-refractivity contribution >= 4 is 35.6 Å². The van der Waals surface area contributed by atoms with Gasteiger partial charge >= 0.3 is 0 Å². The van der Waals surface area contributed by atoms with E-state index in [1.807, 2.05) is 12.1 Å². The van der Waals surface area contributed by atoms with Crippen molar-refractivity contribution in [2.45, 2.75) is 52.5 Å². The average Bonchev–Trinajstić information content (AvgIpc) is 2.48. The lowest BCUT2D eigenvalue weighted by molar-refractivity contribution is -0.123. The molecule has 3 nitrogen and oxygen atoms in total. The molecule has 1 aliphatic heterocycles. The highest BCUT2D eigenvalue weighted by Crippen LogP contribution is 2.27. The number of carbonyl (C=O) groups excluding carboxylic acids is 1. The number of anilines is 1. The summed E-state index contributed by atoms with van der Waals surface area (Å²) in [6.07, 6.45) is 4.16. The smallest absolute Gasteiger partial charge is 0.241 e. The predicted molar refractivity (Wildman–Crippen MR) is 106 cm³/mol. The van der Waals surface area contributed by atoms with Crippen LogP contribution in [0.4, 0.5) is 5.69 Å². The summed E-state index contributed by atoms with van der Waals surface area (Å²) in [5.74, 6) is 1.38. The normalized spacial score (nSPS) is 21.2. The number of aryl methyl sites for hydroxylation is 2. The van der Waals surface area contributed by atoms with Gasteiger partial charge in [-0.05, 0) is 81.8 Å². The molecule has 0 radical (unpaired) electrons. The van der Waals surface area contributed by atoms with Gasteiger partial charge in [-0.3, -0.25) is 9.69 Å². The van der Waals surface area contributed by atoms with E-state index < -0.39 is 0 Å². The Labute approximate surface area is 157 Å². The molecule has 2 unspecified atom stereocenters. The van der Waals surface area contributed by atoms with Crippen LogP contribution in [-0.2, 0) is 4.79 Å². The Morgan fingerprint density at radius 2 is 1.96 bits per heavy atom. The van der Waals surface area contributed by atoms with Crippen LogP contribution < -0.4 is 5.32 Å². The van der Waals surface area contributed by atoms with Crippen LogP contribution in [-0.4, -0.2) is 35.8 Å². The molecule has 136 valence electrons. The minimum atomic E-state index is -0.0299. The highest BCUT2D eigenvalue weighted by atomic mass is 35.5. The summed E-state index contributed by atoms with van der Waals surface area (Å²) in [4.78, 5) is 15.2. The summed E-state index contributed by atoms with van der Waals surface area (Å²) >= 11 is 5.91. The molecule has 1 heterocycles. The highest BCUT2D eigenvalue weighted by Gasteiger charge is 2.32. The molecule has 1 fully saturated rings. The number of rotatable bonds is 6. The summed E-state index contributed by atoms with van der Waals surface area (Å²) in [6, 6.07) is 6.16. The maximum absolute atomic E-state index is 12.8. The van der Waals surface area contributed by atoms with Crippen molar-refractivity contribution in [2.24, 2.45) is 5.92 Å². The Morgan fingerprint density at radius 1 is 1.29 bits per heavy atom. The molecular formula is C19H30Cl2N2O. The Kier molecular flexibility index (Phi) is 9.11. The zero-order valence-electron chi connectivity index (χ0n) is 15.0. The second-order valence-corrected chi connectivity index (χ2v) is 7.16. The van der Waals surface area contributed by atoms with Crippen molar-refractivity contribution in [3.63, 3.8) is 0 Å². The van der Waals surface area contributed by atoms with E-state index in [2.05, 4.69) is 37.1 Å². The molecule has 1 saturated heterocycles. The van der Waals surface area contributed by atoms with E-state index >= 15 is 0 Å². The minimum Gasteiger partial charge on any atom is -0.325 e. The topological polar surface area (TPSA) is 32.3 Å². The quantitative estimate of drug-likeness (QED) is 0.728. The highest BCUT2D eigenvalue weighted by molar-refractivity contribution is 6.17. The van der Waals surface area contributed by atoms with Gasteiger partial charge < -0.3 is 5.32 Å². The van der Waals surface area contributed by atoms with E-state index in [-0.39, 0.29) is 24.4 Å². The zero-order valence-corrected chi connectivity index (χ0v) is 16.6. The van der Waals surface area contributed by atoms with Gasteiger partial charge in [0.25, 0.3) is 0 Å². The first-order valence-electron chi connectivity index (χ1n) is 8.72. The number of piperidine rings is 1. The fourth-order valence-electron chi connectivity index (χ4n) is 3.60. The molecule has 0 aromatic heterocycles. The van der Waals surface area contributed by atoms with Crippen LogP contribution in [0.3, 0.4) is 0 Å².